The number of nitrogen functional groups attached to an aromatic ring is 1. The Balaban J connectivity index is 2.17. The van der Waals surface area contributed by atoms with Crippen LogP contribution in [0.15, 0.2) is 6.20 Å². The van der Waals surface area contributed by atoms with Crippen molar-refractivity contribution in [3.05, 3.63) is 28.0 Å². The lowest BCUT2D eigenvalue weighted by molar-refractivity contribution is -0.391. The third-order valence-electron chi connectivity index (χ3n) is 2.46. The topological polar surface area (TPSA) is 129 Å². The Bertz CT molecular complexity index is 578. The minimum Gasteiger partial charge on any atom is -0.368 e. The molecule has 0 aliphatic heterocycles. The van der Waals surface area contributed by atoms with Gasteiger partial charge in [-0.2, -0.15) is 12.6 Å². The predicted molar refractivity (Wildman–Crippen MR) is 66.1 cm³/mol. The Morgan fingerprint density at radius 3 is 2.89 bits per heavy atom. The molecule has 18 heavy (non-hydrogen) atoms. The number of thiol groups is 1. The summed E-state index contributed by atoms with van der Waals surface area (Å²) in [5.74, 6) is 1.18. The summed E-state index contributed by atoms with van der Waals surface area (Å²) in [6, 6.07) is 0. The van der Waals surface area contributed by atoms with Crippen LogP contribution in [0.4, 0.5) is 11.8 Å². The van der Waals surface area contributed by atoms with Gasteiger partial charge in [0.1, 0.15) is 12.0 Å². The summed E-state index contributed by atoms with van der Waals surface area (Å²) in [7, 11) is 1.58. The molecule has 0 aliphatic rings. The average Bonchev–Trinajstić information content (AvgIpc) is 2.86. The standard InChI is InChI=1S/C8H11N7O2S/c1-14-5(10-3-6(14)15(16)17)2-4(18)7-11-8(9)13-12-7/h3-4,18H,2H2,1H3,(H3,9,11,12,13). The van der Waals surface area contributed by atoms with Crippen LogP contribution < -0.4 is 5.73 Å². The van der Waals surface area contributed by atoms with E-state index in [9.17, 15) is 10.1 Å². The number of rotatable bonds is 4. The second-order valence-corrected chi connectivity index (χ2v) is 4.29. The molecule has 0 saturated carbocycles. The van der Waals surface area contributed by atoms with Crippen molar-refractivity contribution < 1.29 is 4.92 Å². The van der Waals surface area contributed by atoms with E-state index in [2.05, 4.69) is 32.8 Å². The zero-order valence-electron chi connectivity index (χ0n) is 9.44. The van der Waals surface area contributed by atoms with Crippen molar-refractivity contribution in [1.29, 1.82) is 0 Å². The van der Waals surface area contributed by atoms with Crippen molar-refractivity contribution in [2.24, 2.45) is 7.05 Å². The van der Waals surface area contributed by atoms with Gasteiger partial charge in [0.15, 0.2) is 5.82 Å². The van der Waals surface area contributed by atoms with Gasteiger partial charge in [-0.25, -0.2) is 9.55 Å². The molecule has 2 heterocycles. The van der Waals surface area contributed by atoms with Gasteiger partial charge in [-0.05, 0) is 4.92 Å². The number of aromatic amines is 1. The second kappa shape index (κ2) is 4.64. The molecule has 9 nitrogen and oxygen atoms in total. The maximum atomic E-state index is 10.7. The third kappa shape index (κ3) is 2.27. The first-order valence-electron chi connectivity index (χ1n) is 5.00. The van der Waals surface area contributed by atoms with E-state index in [1.165, 1.54) is 10.8 Å². The normalized spacial score (nSPS) is 12.6. The maximum absolute atomic E-state index is 10.7. The van der Waals surface area contributed by atoms with Gasteiger partial charge in [0.2, 0.25) is 5.95 Å². The molecule has 0 bridgehead atoms. The van der Waals surface area contributed by atoms with Gasteiger partial charge in [0.25, 0.3) is 0 Å². The average molecular weight is 269 g/mol. The van der Waals surface area contributed by atoms with E-state index in [-0.39, 0.29) is 17.0 Å². The van der Waals surface area contributed by atoms with E-state index in [4.69, 9.17) is 5.73 Å². The molecule has 2 rings (SSSR count). The fourth-order valence-electron chi connectivity index (χ4n) is 1.51. The summed E-state index contributed by atoms with van der Waals surface area (Å²) in [5, 5.41) is 17.8. The second-order valence-electron chi connectivity index (χ2n) is 3.66. The van der Waals surface area contributed by atoms with Crippen LogP contribution in [-0.4, -0.2) is 29.7 Å². The number of anilines is 1. The number of aromatic nitrogens is 5. The summed E-state index contributed by atoms with van der Waals surface area (Å²) in [5.41, 5.74) is 5.41. The Labute approximate surface area is 107 Å². The fourth-order valence-corrected chi connectivity index (χ4v) is 1.78. The molecule has 2 aromatic heterocycles. The Morgan fingerprint density at radius 1 is 1.67 bits per heavy atom. The SMILES string of the molecule is Cn1c([N+](=O)[O-])cnc1CC(S)c1nnc(N)[nH]1. The highest BCUT2D eigenvalue weighted by Gasteiger charge is 2.21. The van der Waals surface area contributed by atoms with Gasteiger partial charge in [-0.15, -0.1) is 10.2 Å². The fraction of sp³-hybridized carbons (Fsp3) is 0.375. The monoisotopic (exact) mass is 269 g/mol. The lowest BCUT2D eigenvalue weighted by Gasteiger charge is -2.04. The lowest BCUT2D eigenvalue weighted by Crippen LogP contribution is -2.06. The van der Waals surface area contributed by atoms with Crippen LogP contribution in [0.3, 0.4) is 0 Å². The van der Waals surface area contributed by atoms with Crippen molar-refractivity contribution in [3.8, 4) is 0 Å². The minimum atomic E-state index is -0.490. The molecule has 0 radical (unpaired) electrons. The van der Waals surface area contributed by atoms with E-state index in [0.29, 0.717) is 18.1 Å². The van der Waals surface area contributed by atoms with Gasteiger partial charge >= 0.3 is 5.82 Å². The van der Waals surface area contributed by atoms with Crippen LogP contribution >= 0.6 is 12.6 Å². The number of nitrogens with one attached hydrogen (secondary N) is 1. The Hall–Kier alpha value is -2.10. The molecule has 0 amide bonds. The molecule has 2 aromatic rings. The molecule has 0 fully saturated rings. The number of nitrogens with two attached hydrogens (primary N) is 1. The van der Waals surface area contributed by atoms with Crippen molar-refractivity contribution in [3.63, 3.8) is 0 Å². The Kier molecular flexibility index (Phi) is 3.19. The van der Waals surface area contributed by atoms with Gasteiger partial charge in [-0.1, -0.05) is 0 Å². The van der Waals surface area contributed by atoms with Crippen molar-refractivity contribution in [1.82, 2.24) is 24.7 Å². The highest BCUT2D eigenvalue weighted by molar-refractivity contribution is 7.80. The Morgan fingerprint density at radius 2 is 2.39 bits per heavy atom. The molecule has 0 aliphatic carbocycles. The highest BCUT2D eigenvalue weighted by Crippen LogP contribution is 2.23. The highest BCUT2D eigenvalue weighted by atomic mass is 32.1. The molecule has 0 aromatic carbocycles. The summed E-state index contributed by atoms with van der Waals surface area (Å²) >= 11 is 4.34. The molecule has 96 valence electrons. The van der Waals surface area contributed by atoms with E-state index >= 15 is 0 Å². The van der Waals surface area contributed by atoms with Gasteiger partial charge in [-0.3, -0.25) is 0 Å². The van der Waals surface area contributed by atoms with E-state index in [1.54, 1.807) is 7.05 Å². The maximum Gasteiger partial charge on any atom is 0.342 e. The molecule has 0 saturated heterocycles. The molecule has 1 unspecified atom stereocenters. The number of H-pyrrole nitrogens is 1. The van der Waals surface area contributed by atoms with Crippen LogP contribution in [0.2, 0.25) is 0 Å². The van der Waals surface area contributed by atoms with E-state index in [0.717, 1.165) is 0 Å². The lowest BCUT2D eigenvalue weighted by atomic mass is 10.3. The number of nitrogens with zero attached hydrogens (tertiary/aromatic N) is 5. The van der Waals surface area contributed by atoms with E-state index < -0.39 is 4.92 Å². The summed E-state index contributed by atoms with van der Waals surface area (Å²) in [6.45, 7) is 0. The molecule has 0 spiro atoms. The van der Waals surface area contributed by atoms with Crippen molar-refractivity contribution >= 4 is 24.4 Å². The molecule has 10 heteroatoms. The first-order chi connectivity index (χ1) is 8.49. The minimum absolute atomic E-state index is 0.0670. The zero-order chi connectivity index (χ0) is 13.3. The van der Waals surface area contributed by atoms with Crippen molar-refractivity contribution in [2.75, 3.05) is 5.73 Å². The smallest absolute Gasteiger partial charge is 0.342 e. The summed E-state index contributed by atoms with van der Waals surface area (Å²) < 4.78 is 1.41. The quantitative estimate of drug-likeness (QED) is 0.414. The van der Waals surface area contributed by atoms with Crippen LogP contribution in [0.1, 0.15) is 16.9 Å². The summed E-state index contributed by atoms with van der Waals surface area (Å²) in [6.07, 6.45) is 1.59. The number of hydrogen-bond donors (Lipinski definition) is 3. The zero-order valence-corrected chi connectivity index (χ0v) is 10.3. The summed E-state index contributed by atoms with van der Waals surface area (Å²) in [4.78, 5) is 16.9. The molecule has 3 N–H and O–H groups in total. The first-order valence-corrected chi connectivity index (χ1v) is 5.51. The molecular weight excluding hydrogens is 258 g/mol. The van der Waals surface area contributed by atoms with Crippen molar-refractivity contribution in [2.45, 2.75) is 11.7 Å². The van der Waals surface area contributed by atoms with Crippen LogP contribution in [0, 0.1) is 10.1 Å². The predicted octanol–water partition coefficient (Wildman–Crippen LogP) is 0.242. The van der Waals surface area contributed by atoms with Gasteiger partial charge in [0.05, 0.1) is 12.3 Å². The first kappa shape index (κ1) is 12.4. The van der Waals surface area contributed by atoms with Gasteiger partial charge in [0, 0.05) is 6.42 Å². The van der Waals surface area contributed by atoms with E-state index in [1.807, 2.05) is 0 Å². The van der Waals surface area contributed by atoms with Gasteiger partial charge < -0.3 is 20.8 Å². The number of imidazole rings is 1. The molecule has 1 atom stereocenters. The number of nitro groups is 1. The van der Waals surface area contributed by atoms with Crippen LogP contribution in [-0.2, 0) is 13.5 Å². The largest absolute Gasteiger partial charge is 0.368 e. The van der Waals surface area contributed by atoms with Crippen LogP contribution in [0.25, 0.3) is 0 Å². The third-order valence-corrected chi connectivity index (χ3v) is 2.89. The number of hydrogen-bond acceptors (Lipinski definition) is 7. The van der Waals surface area contributed by atoms with Crippen LogP contribution in [0.5, 0.6) is 0 Å². The molecular formula is C8H11N7O2S.